The van der Waals surface area contributed by atoms with Crippen molar-refractivity contribution in [2.45, 2.75) is 34.1 Å². The minimum atomic E-state index is -0.0601. The van der Waals surface area contributed by atoms with Crippen LogP contribution in [-0.4, -0.2) is 24.8 Å². The molecular weight excluding hydrogens is 482 g/mol. The predicted octanol–water partition coefficient (Wildman–Crippen LogP) is 6.39. The minimum absolute atomic E-state index is 0.0601. The summed E-state index contributed by atoms with van der Waals surface area (Å²) in [5, 5.41) is 9.19. The molecule has 0 fully saturated rings. The molecule has 0 aliphatic rings. The number of carbonyl (C=O) groups is 1. The number of hydrazone groups is 1. The molecule has 0 unspecified atom stereocenters. The van der Waals surface area contributed by atoms with Crippen molar-refractivity contribution in [3.8, 4) is 11.1 Å². The van der Waals surface area contributed by atoms with Gasteiger partial charge in [0.05, 0.1) is 17.8 Å². The summed E-state index contributed by atoms with van der Waals surface area (Å²) in [5.41, 5.74) is 11.5. The molecule has 202 valence electrons. The molecule has 0 atom stereocenters. The molecular formula is C33H39N5O. The lowest BCUT2D eigenvalue weighted by Gasteiger charge is -2.31. The molecule has 4 aromatic rings. The molecule has 4 rings (SSSR count). The average Bonchev–Trinajstić information content (AvgIpc) is 2.92. The van der Waals surface area contributed by atoms with Crippen molar-refractivity contribution in [1.29, 1.82) is 0 Å². The first-order chi connectivity index (χ1) is 18.8. The summed E-state index contributed by atoms with van der Waals surface area (Å²) in [4.78, 5) is 15.9. The number of benzene rings is 4. The summed E-state index contributed by atoms with van der Waals surface area (Å²) in [7, 11) is 0. The number of amidine groups is 1. The lowest BCUT2D eigenvalue weighted by Crippen LogP contribution is -2.32. The summed E-state index contributed by atoms with van der Waals surface area (Å²) in [6, 6.07) is 28.2. The van der Waals surface area contributed by atoms with Gasteiger partial charge in [-0.15, -0.1) is 0 Å². The van der Waals surface area contributed by atoms with Crippen LogP contribution in [0.3, 0.4) is 0 Å². The highest BCUT2D eigenvalue weighted by Gasteiger charge is 2.19. The maximum Gasteiger partial charge on any atom is 0.228 e. The van der Waals surface area contributed by atoms with Crippen molar-refractivity contribution in [3.63, 3.8) is 0 Å². The van der Waals surface area contributed by atoms with Gasteiger partial charge in [-0.25, -0.2) is 0 Å². The quantitative estimate of drug-likeness (QED) is 0.0975. The highest BCUT2D eigenvalue weighted by Crippen LogP contribution is 2.34. The number of fused-ring (bicyclic) bond motifs is 1. The molecule has 0 saturated heterocycles. The van der Waals surface area contributed by atoms with Gasteiger partial charge in [0.25, 0.3) is 0 Å². The van der Waals surface area contributed by atoms with E-state index in [1.165, 1.54) is 0 Å². The van der Waals surface area contributed by atoms with E-state index in [1.807, 2.05) is 54.6 Å². The number of rotatable bonds is 10. The third-order valence-corrected chi connectivity index (χ3v) is 6.67. The molecule has 0 heterocycles. The van der Waals surface area contributed by atoms with E-state index < -0.39 is 0 Å². The van der Waals surface area contributed by atoms with Gasteiger partial charge in [-0.1, -0.05) is 100 Å². The van der Waals surface area contributed by atoms with Crippen LogP contribution in [0, 0.1) is 11.8 Å². The Morgan fingerprint density at radius 2 is 1.54 bits per heavy atom. The number of amides is 1. The van der Waals surface area contributed by atoms with E-state index >= 15 is 0 Å². The van der Waals surface area contributed by atoms with Crippen molar-refractivity contribution < 1.29 is 4.79 Å². The molecule has 6 nitrogen and oxygen atoms in total. The van der Waals surface area contributed by atoms with E-state index in [1.54, 1.807) is 0 Å². The van der Waals surface area contributed by atoms with Gasteiger partial charge < -0.3 is 21.8 Å². The molecule has 4 aromatic carbocycles. The Hall–Kier alpha value is -4.32. The van der Waals surface area contributed by atoms with E-state index in [2.05, 4.69) is 73.3 Å². The van der Waals surface area contributed by atoms with Gasteiger partial charge in [0, 0.05) is 18.7 Å². The number of nitrogens with zero attached hydrogens (tertiary/aromatic N) is 2. The van der Waals surface area contributed by atoms with Gasteiger partial charge in [0.2, 0.25) is 5.91 Å². The zero-order chi connectivity index (χ0) is 27.9. The van der Waals surface area contributed by atoms with Crippen LogP contribution < -0.4 is 21.8 Å². The largest absolute Gasteiger partial charge is 0.382 e. The molecule has 0 radical (unpaired) electrons. The third-order valence-electron chi connectivity index (χ3n) is 6.67. The first kappa shape index (κ1) is 27.7. The molecule has 0 aliphatic carbocycles. The Labute approximate surface area is 231 Å². The van der Waals surface area contributed by atoms with Gasteiger partial charge >= 0.3 is 0 Å². The molecule has 5 N–H and O–H groups in total. The van der Waals surface area contributed by atoms with E-state index in [-0.39, 0.29) is 18.2 Å². The van der Waals surface area contributed by atoms with Crippen LogP contribution in [0.5, 0.6) is 0 Å². The van der Waals surface area contributed by atoms with Crippen LogP contribution in [-0.2, 0) is 11.2 Å². The van der Waals surface area contributed by atoms with Gasteiger partial charge in [-0.3, -0.25) is 4.79 Å². The second kappa shape index (κ2) is 12.5. The van der Waals surface area contributed by atoms with Crippen LogP contribution in [0.1, 0.15) is 38.8 Å². The summed E-state index contributed by atoms with van der Waals surface area (Å²) in [6.07, 6.45) is 0.281. The second-order valence-electron chi connectivity index (χ2n) is 10.8. The summed E-state index contributed by atoms with van der Waals surface area (Å²) >= 11 is 0. The zero-order valence-corrected chi connectivity index (χ0v) is 23.3. The van der Waals surface area contributed by atoms with Gasteiger partial charge in [0.15, 0.2) is 5.84 Å². The predicted molar refractivity (Wildman–Crippen MR) is 165 cm³/mol. The number of hydrogen-bond acceptors (Lipinski definition) is 4. The van der Waals surface area contributed by atoms with Crippen LogP contribution in [0.2, 0.25) is 0 Å². The maximum absolute atomic E-state index is 13.5. The van der Waals surface area contributed by atoms with Crippen molar-refractivity contribution in [3.05, 3.63) is 96.1 Å². The Bertz CT molecular complexity index is 1460. The average molecular weight is 522 g/mol. The molecule has 1 amide bonds. The van der Waals surface area contributed by atoms with Crippen LogP contribution in [0.15, 0.2) is 90.0 Å². The summed E-state index contributed by atoms with van der Waals surface area (Å²) in [6.45, 7) is 10.6. The van der Waals surface area contributed by atoms with E-state index in [0.29, 0.717) is 11.8 Å². The van der Waals surface area contributed by atoms with Crippen molar-refractivity contribution >= 4 is 33.9 Å². The molecule has 0 spiro atoms. The second-order valence-corrected chi connectivity index (χ2v) is 10.8. The topological polar surface area (TPSA) is 96.7 Å². The third kappa shape index (κ3) is 6.77. The lowest BCUT2D eigenvalue weighted by atomic mass is 9.97. The highest BCUT2D eigenvalue weighted by molar-refractivity contribution is 6.04. The fourth-order valence-electron chi connectivity index (χ4n) is 5.07. The van der Waals surface area contributed by atoms with E-state index in [4.69, 9.17) is 11.6 Å². The Kier molecular flexibility index (Phi) is 8.87. The number of nitrogens with one attached hydrogen (secondary N) is 1. The highest BCUT2D eigenvalue weighted by atomic mass is 16.1. The van der Waals surface area contributed by atoms with E-state index in [0.717, 1.165) is 57.5 Å². The number of hydrogen-bond donors (Lipinski definition) is 3. The Balaban J connectivity index is 1.76. The standard InChI is InChI=1S/C33H39N5O/c1-22(2)20-38(21-23(3)4)31-17-16-26(28-14-7-8-15-29(28)33(34)37-35)18-30(31)36-32(39)19-25-12-9-11-24-10-5-6-13-27(24)25/h5-18,22-23H,19-21,35H2,1-4H3,(H2,34,37)(H,36,39). The Morgan fingerprint density at radius 3 is 2.26 bits per heavy atom. The fraction of sp³-hybridized carbons (Fsp3) is 0.273. The van der Waals surface area contributed by atoms with Crippen LogP contribution in [0.4, 0.5) is 11.4 Å². The first-order valence-electron chi connectivity index (χ1n) is 13.6. The van der Waals surface area contributed by atoms with Crippen molar-refractivity contribution in [2.75, 3.05) is 23.3 Å². The van der Waals surface area contributed by atoms with Crippen molar-refractivity contribution in [1.82, 2.24) is 0 Å². The summed E-state index contributed by atoms with van der Waals surface area (Å²) < 4.78 is 0. The molecule has 6 heteroatoms. The minimum Gasteiger partial charge on any atom is -0.382 e. The number of anilines is 2. The van der Waals surface area contributed by atoms with E-state index in [9.17, 15) is 4.79 Å². The monoisotopic (exact) mass is 521 g/mol. The number of nitrogens with two attached hydrogens (primary N) is 2. The summed E-state index contributed by atoms with van der Waals surface area (Å²) in [5.74, 6) is 6.64. The zero-order valence-electron chi connectivity index (χ0n) is 23.3. The lowest BCUT2D eigenvalue weighted by molar-refractivity contribution is -0.115. The smallest absolute Gasteiger partial charge is 0.228 e. The SMILES string of the molecule is CC(C)CN(CC(C)C)c1ccc(-c2ccccc2/C(N)=N/N)cc1NC(=O)Cc1cccc2ccccc12. The molecule has 0 aromatic heterocycles. The van der Waals surface area contributed by atoms with Gasteiger partial charge in [-0.05, 0) is 51.4 Å². The van der Waals surface area contributed by atoms with Gasteiger partial charge in [-0.2, -0.15) is 5.10 Å². The van der Waals surface area contributed by atoms with Crippen LogP contribution in [0.25, 0.3) is 21.9 Å². The van der Waals surface area contributed by atoms with Gasteiger partial charge in [0.1, 0.15) is 0 Å². The van der Waals surface area contributed by atoms with Crippen molar-refractivity contribution in [2.24, 2.45) is 28.5 Å². The normalized spacial score (nSPS) is 11.8. The molecule has 39 heavy (non-hydrogen) atoms. The Morgan fingerprint density at radius 1 is 0.872 bits per heavy atom. The molecule has 0 aliphatic heterocycles. The number of carbonyl (C=O) groups excluding carboxylic acids is 1. The molecule has 0 bridgehead atoms. The maximum atomic E-state index is 13.5. The molecule has 0 saturated carbocycles. The van der Waals surface area contributed by atoms with Crippen LogP contribution >= 0.6 is 0 Å². The first-order valence-corrected chi connectivity index (χ1v) is 13.6. The fourth-order valence-corrected chi connectivity index (χ4v) is 5.07.